The van der Waals surface area contributed by atoms with Gasteiger partial charge in [0.05, 0.1) is 11.0 Å². The summed E-state index contributed by atoms with van der Waals surface area (Å²) < 4.78 is 7.64. The first-order chi connectivity index (χ1) is 11.8. The first-order valence-electron chi connectivity index (χ1n) is 7.73. The van der Waals surface area contributed by atoms with Crippen molar-refractivity contribution in [2.75, 3.05) is 12.4 Å². The van der Waals surface area contributed by atoms with E-state index in [1.807, 2.05) is 47.8 Å². The SMILES string of the molecule is CCn1c(SC[C@@H](O)COc2ccccc2)nnc1-c1cccs1. The van der Waals surface area contributed by atoms with Crippen molar-refractivity contribution in [2.24, 2.45) is 0 Å². The molecule has 0 unspecified atom stereocenters. The predicted molar refractivity (Wildman–Crippen MR) is 97.7 cm³/mol. The van der Waals surface area contributed by atoms with Crippen molar-refractivity contribution < 1.29 is 9.84 Å². The Kier molecular flexibility index (Phi) is 5.90. The summed E-state index contributed by atoms with van der Waals surface area (Å²) >= 11 is 3.14. The number of aromatic nitrogens is 3. The number of hydrogen-bond donors (Lipinski definition) is 1. The van der Waals surface area contributed by atoms with Crippen LogP contribution < -0.4 is 4.74 Å². The van der Waals surface area contributed by atoms with Gasteiger partial charge in [0.15, 0.2) is 11.0 Å². The van der Waals surface area contributed by atoms with E-state index in [1.54, 1.807) is 11.3 Å². The van der Waals surface area contributed by atoms with E-state index in [2.05, 4.69) is 21.7 Å². The van der Waals surface area contributed by atoms with Crippen LogP contribution in [-0.4, -0.2) is 38.3 Å². The highest BCUT2D eigenvalue weighted by Gasteiger charge is 2.15. The van der Waals surface area contributed by atoms with Crippen molar-refractivity contribution in [3.05, 3.63) is 47.8 Å². The monoisotopic (exact) mass is 361 g/mol. The van der Waals surface area contributed by atoms with Gasteiger partial charge < -0.3 is 14.4 Å². The fraction of sp³-hybridized carbons (Fsp3) is 0.294. The lowest BCUT2D eigenvalue weighted by Crippen LogP contribution is -2.20. The molecule has 2 aromatic heterocycles. The average Bonchev–Trinajstić information content (AvgIpc) is 3.27. The first kappa shape index (κ1) is 17.0. The van der Waals surface area contributed by atoms with Gasteiger partial charge in [-0.25, -0.2) is 0 Å². The standard InChI is InChI=1S/C17H19N3O2S2/c1-2-20-16(15-9-6-10-23-15)18-19-17(20)24-12-13(21)11-22-14-7-4-3-5-8-14/h3-10,13,21H,2,11-12H2,1H3/t13-/m0/s1. The molecule has 3 rings (SSSR count). The summed E-state index contributed by atoms with van der Waals surface area (Å²) in [5.74, 6) is 2.15. The lowest BCUT2D eigenvalue weighted by molar-refractivity contribution is 0.126. The number of ether oxygens (including phenoxy) is 1. The molecule has 7 heteroatoms. The van der Waals surface area contributed by atoms with Gasteiger partial charge in [-0.15, -0.1) is 21.5 Å². The van der Waals surface area contributed by atoms with E-state index in [0.717, 1.165) is 28.2 Å². The minimum Gasteiger partial charge on any atom is -0.491 e. The Morgan fingerprint density at radius 1 is 1.21 bits per heavy atom. The molecular formula is C17H19N3O2S2. The Bertz CT molecular complexity index is 745. The van der Waals surface area contributed by atoms with E-state index in [9.17, 15) is 5.11 Å². The highest BCUT2D eigenvalue weighted by atomic mass is 32.2. The topological polar surface area (TPSA) is 60.2 Å². The molecule has 0 aliphatic heterocycles. The van der Waals surface area contributed by atoms with Gasteiger partial charge in [0.25, 0.3) is 0 Å². The predicted octanol–water partition coefficient (Wildman–Crippen LogP) is 3.56. The van der Waals surface area contributed by atoms with Crippen LogP contribution in [0.2, 0.25) is 0 Å². The maximum atomic E-state index is 10.1. The van der Waals surface area contributed by atoms with E-state index in [4.69, 9.17) is 4.74 Å². The molecule has 0 aliphatic carbocycles. The number of rotatable bonds is 8. The van der Waals surface area contributed by atoms with E-state index >= 15 is 0 Å². The number of thioether (sulfide) groups is 1. The smallest absolute Gasteiger partial charge is 0.191 e. The van der Waals surface area contributed by atoms with Crippen molar-refractivity contribution in [3.63, 3.8) is 0 Å². The fourth-order valence-electron chi connectivity index (χ4n) is 2.20. The first-order valence-corrected chi connectivity index (χ1v) is 9.60. The Labute approximate surface area is 149 Å². The molecule has 0 saturated carbocycles. The van der Waals surface area contributed by atoms with Crippen molar-refractivity contribution in [3.8, 4) is 16.5 Å². The lowest BCUT2D eigenvalue weighted by Gasteiger charge is -2.12. The lowest BCUT2D eigenvalue weighted by atomic mass is 10.3. The Morgan fingerprint density at radius 3 is 2.75 bits per heavy atom. The van der Waals surface area contributed by atoms with Crippen LogP contribution in [0.1, 0.15) is 6.92 Å². The van der Waals surface area contributed by atoms with Crippen molar-refractivity contribution in [1.29, 1.82) is 0 Å². The van der Waals surface area contributed by atoms with Crippen LogP contribution in [0.3, 0.4) is 0 Å². The molecule has 0 aliphatic rings. The number of thiophene rings is 1. The fourth-order valence-corrected chi connectivity index (χ4v) is 3.82. The van der Waals surface area contributed by atoms with Crippen molar-refractivity contribution in [1.82, 2.24) is 14.8 Å². The number of hydrogen-bond acceptors (Lipinski definition) is 6. The third-order valence-electron chi connectivity index (χ3n) is 3.37. The third kappa shape index (κ3) is 4.17. The van der Waals surface area contributed by atoms with Gasteiger partial charge in [0, 0.05) is 12.3 Å². The summed E-state index contributed by atoms with van der Waals surface area (Å²) in [6, 6.07) is 13.5. The number of aliphatic hydroxyl groups is 1. The molecular weight excluding hydrogens is 342 g/mol. The zero-order valence-electron chi connectivity index (χ0n) is 13.3. The summed E-state index contributed by atoms with van der Waals surface area (Å²) in [5.41, 5.74) is 0. The highest BCUT2D eigenvalue weighted by Crippen LogP contribution is 2.27. The molecule has 1 aromatic carbocycles. The third-order valence-corrected chi connectivity index (χ3v) is 5.34. The van der Waals surface area contributed by atoms with Gasteiger partial charge in [0.2, 0.25) is 0 Å². The second-order valence-electron chi connectivity index (χ2n) is 5.12. The molecule has 0 fully saturated rings. The second kappa shape index (κ2) is 8.32. The number of nitrogens with zero attached hydrogens (tertiary/aromatic N) is 3. The van der Waals surface area contributed by atoms with Crippen LogP contribution in [0.15, 0.2) is 53.0 Å². The number of para-hydroxylation sites is 1. The zero-order valence-corrected chi connectivity index (χ0v) is 15.0. The average molecular weight is 361 g/mol. The molecule has 0 amide bonds. The maximum absolute atomic E-state index is 10.1. The van der Waals surface area contributed by atoms with Gasteiger partial charge >= 0.3 is 0 Å². The summed E-state index contributed by atoms with van der Waals surface area (Å²) in [6.45, 7) is 3.12. The largest absolute Gasteiger partial charge is 0.491 e. The van der Waals surface area contributed by atoms with Crippen LogP contribution in [-0.2, 0) is 6.54 Å². The van der Waals surface area contributed by atoms with Crippen LogP contribution in [0.25, 0.3) is 10.7 Å². The Balaban J connectivity index is 1.56. The van der Waals surface area contributed by atoms with E-state index < -0.39 is 6.10 Å². The number of aliphatic hydroxyl groups excluding tert-OH is 1. The molecule has 0 saturated heterocycles. The zero-order chi connectivity index (χ0) is 16.8. The van der Waals surface area contributed by atoms with Crippen molar-refractivity contribution >= 4 is 23.1 Å². The molecule has 2 heterocycles. The van der Waals surface area contributed by atoms with Crippen LogP contribution in [0, 0.1) is 0 Å². The van der Waals surface area contributed by atoms with Gasteiger partial charge in [-0.2, -0.15) is 0 Å². The molecule has 0 radical (unpaired) electrons. The maximum Gasteiger partial charge on any atom is 0.191 e. The Hall–Kier alpha value is -1.83. The van der Waals surface area contributed by atoms with Gasteiger partial charge in [-0.1, -0.05) is 36.0 Å². The van der Waals surface area contributed by atoms with Crippen LogP contribution in [0.4, 0.5) is 0 Å². The van der Waals surface area contributed by atoms with Crippen LogP contribution in [0.5, 0.6) is 5.75 Å². The molecule has 0 spiro atoms. The number of benzene rings is 1. The highest BCUT2D eigenvalue weighted by molar-refractivity contribution is 7.99. The molecule has 1 N–H and O–H groups in total. The minimum atomic E-state index is -0.567. The molecule has 1 atom stereocenters. The van der Waals surface area contributed by atoms with Gasteiger partial charge in [-0.05, 0) is 30.5 Å². The van der Waals surface area contributed by atoms with Gasteiger partial charge in [-0.3, -0.25) is 0 Å². The van der Waals surface area contributed by atoms with Gasteiger partial charge in [0.1, 0.15) is 12.4 Å². The summed E-state index contributed by atoms with van der Waals surface area (Å²) in [5, 5.41) is 21.5. The summed E-state index contributed by atoms with van der Waals surface area (Å²) in [4.78, 5) is 1.10. The molecule has 5 nitrogen and oxygen atoms in total. The normalized spacial score (nSPS) is 12.2. The summed E-state index contributed by atoms with van der Waals surface area (Å²) in [6.07, 6.45) is -0.567. The van der Waals surface area contributed by atoms with E-state index in [-0.39, 0.29) is 6.61 Å². The Morgan fingerprint density at radius 2 is 2.04 bits per heavy atom. The molecule has 3 aromatic rings. The second-order valence-corrected chi connectivity index (χ2v) is 7.05. The van der Waals surface area contributed by atoms with Crippen LogP contribution >= 0.6 is 23.1 Å². The van der Waals surface area contributed by atoms with E-state index in [1.165, 1.54) is 11.8 Å². The van der Waals surface area contributed by atoms with E-state index in [0.29, 0.717) is 5.75 Å². The molecule has 0 bridgehead atoms. The minimum absolute atomic E-state index is 0.259. The summed E-state index contributed by atoms with van der Waals surface area (Å²) in [7, 11) is 0. The van der Waals surface area contributed by atoms with Crippen molar-refractivity contribution in [2.45, 2.75) is 24.7 Å². The molecule has 126 valence electrons. The molecule has 24 heavy (non-hydrogen) atoms. The quantitative estimate of drug-likeness (QED) is 0.622.